The zero-order valence-corrected chi connectivity index (χ0v) is 11.8. The summed E-state index contributed by atoms with van der Waals surface area (Å²) in [5.74, 6) is 0.775. The van der Waals surface area contributed by atoms with Gasteiger partial charge in [0.1, 0.15) is 0 Å². The van der Waals surface area contributed by atoms with Gasteiger partial charge in [0, 0.05) is 24.9 Å². The van der Waals surface area contributed by atoms with Gasteiger partial charge in [-0.05, 0) is 13.0 Å². The fourth-order valence-corrected chi connectivity index (χ4v) is 1.85. The van der Waals surface area contributed by atoms with Crippen LogP contribution in [0, 0.1) is 0 Å². The smallest absolute Gasteiger partial charge is 0.166 e. The molecular weight excluding hydrogens is 220 g/mol. The lowest BCUT2D eigenvalue weighted by Crippen LogP contribution is -2.15. The van der Waals surface area contributed by atoms with E-state index in [0.717, 1.165) is 10.7 Å². The van der Waals surface area contributed by atoms with Crippen molar-refractivity contribution >= 4 is 11.8 Å². The highest BCUT2D eigenvalue weighted by molar-refractivity contribution is 8.03. The molecular formula is C13H24O2S. The lowest BCUT2D eigenvalue weighted by molar-refractivity contribution is -0.0841. The van der Waals surface area contributed by atoms with E-state index in [1.807, 2.05) is 39.0 Å². The first-order valence-corrected chi connectivity index (χ1v) is 6.40. The van der Waals surface area contributed by atoms with Gasteiger partial charge in [-0.15, -0.1) is 11.8 Å². The quantitative estimate of drug-likeness (QED) is 0.498. The first kappa shape index (κ1) is 17.9. The Hall–Kier alpha value is -0.510. The van der Waals surface area contributed by atoms with E-state index in [0.29, 0.717) is 0 Å². The standard InChI is InChI=1S/C11H18O2S.C2H6/c1-5-7-10(8-6-2)14-9-11(12-3)13-4;1-2/h5-8,11H,1,9H2,2-4H3;1-2H3/b8-6-,10-7+;. The van der Waals surface area contributed by atoms with E-state index in [-0.39, 0.29) is 6.29 Å². The highest BCUT2D eigenvalue weighted by Gasteiger charge is 2.05. The van der Waals surface area contributed by atoms with Crippen molar-refractivity contribution in [2.45, 2.75) is 27.1 Å². The van der Waals surface area contributed by atoms with Crippen LogP contribution in [0.2, 0.25) is 0 Å². The molecule has 0 bridgehead atoms. The van der Waals surface area contributed by atoms with Crippen LogP contribution in [0.15, 0.2) is 35.8 Å². The molecule has 0 saturated carbocycles. The van der Waals surface area contributed by atoms with E-state index in [1.54, 1.807) is 32.1 Å². The third-order valence-electron chi connectivity index (χ3n) is 1.52. The van der Waals surface area contributed by atoms with Crippen LogP contribution in [-0.2, 0) is 9.47 Å². The SMILES string of the molecule is C=C/C=C(\C=C/C)SCC(OC)OC.CC. The lowest BCUT2D eigenvalue weighted by atomic mass is 10.4. The monoisotopic (exact) mass is 244 g/mol. The van der Waals surface area contributed by atoms with Gasteiger partial charge in [0.25, 0.3) is 0 Å². The van der Waals surface area contributed by atoms with Crippen molar-refractivity contribution in [3.05, 3.63) is 35.8 Å². The van der Waals surface area contributed by atoms with Crippen LogP contribution >= 0.6 is 11.8 Å². The van der Waals surface area contributed by atoms with Crippen molar-refractivity contribution in [1.82, 2.24) is 0 Å². The molecule has 0 N–H and O–H groups in total. The minimum Gasteiger partial charge on any atom is -0.355 e. The van der Waals surface area contributed by atoms with E-state index < -0.39 is 0 Å². The number of hydrogen-bond acceptors (Lipinski definition) is 3. The molecule has 0 aromatic carbocycles. The number of methoxy groups -OCH3 is 2. The second-order valence-corrected chi connectivity index (χ2v) is 3.61. The largest absolute Gasteiger partial charge is 0.355 e. The van der Waals surface area contributed by atoms with Gasteiger partial charge in [0.05, 0.1) is 0 Å². The molecule has 0 saturated heterocycles. The third kappa shape index (κ3) is 10.0. The van der Waals surface area contributed by atoms with Gasteiger partial charge in [-0.2, -0.15) is 0 Å². The molecule has 94 valence electrons. The summed E-state index contributed by atoms with van der Waals surface area (Å²) in [5.41, 5.74) is 0. The minimum atomic E-state index is -0.154. The topological polar surface area (TPSA) is 18.5 Å². The summed E-state index contributed by atoms with van der Waals surface area (Å²) >= 11 is 1.68. The molecule has 0 unspecified atom stereocenters. The van der Waals surface area contributed by atoms with Crippen molar-refractivity contribution in [2.24, 2.45) is 0 Å². The Morgan fingerprint density at radius 3 is 2.25 bits per heavy atom. The number of allylic oxidation sites excluding steroid dienone is 4. The van der Waals surface area contributed by atoms with Crippen molar-refractivity contribution in [2.75, 3.05) is 20.0 Å². The first-order valence-electron chi connectivity index (χ1n) is 5.42. The molecule has 2 nitrogen and oxygen atoms in total. The fourth-order valence-electron chi connectivity index (χ4n) is 0.829. The lowest BCUT2D eigenvalue weighted by Gasteiger charge is -2.12. The van der Waals surface area contributed by atoms with Crippen LogP contribution < -0.4 is 0 Å². The minimum absolute atomic E-state index is 0.154. The summed E-state index contributed by atoms with van der Waals surface area (Å²) in [6, 6.07) is 0. The van der Waals surface area contributed by atoms with Crippen LogP contribution in [0.3, 0.4) is 0 Å². The van der Waals surface area contributed by atoms with Gasteiger partial charge >= 0.3 is 0 Å². The Morgan fingerprint density at radius 1 is 1.31 bits per heavy atom. The molecule has 0 aromatic rings. The van der Waals surface area contributed by atoms with E-state index in [2.05, 4.69) is 6.58 Å². The number of ether oxygens (including phenoxy) is 2. The molecule has 0 rings (SSSR count). The van der Waals surface area contributed by atoms with Crippen LogP contribution in [0.5, 0.6) is 0 Å². The molecule has 0 aliphatic carbocycles. The zero-order valence-electron chi connectivity index (χ0n) is 11.0. The molecule has 0 heterocycles. The van der Waals surface area contributed by atoms with Crippen molar-refractivity contribution < 1.29 is 9.47 Å². The van der Waals surface area contributed by atoms with Crippen molar-refractivity contribution in [3.8, 4) is 0 Å². The second kappa shape index (κ2) is 14.5. The van der Waals surface area contributed by atoms with E-state index in [1.165, 1.54) is 0 Å². The number of rotatable bonds is 7. The molecule has 0 aromatic heterocycles. The second-order valence-electron chi connectivity index (χ2n) is 2.52. The maximum absolute atomic E-state index is 5.09. The summed E-state index contributed by atoms with van der Waals surface area (Å²) in [7, 11) is 3.28. The van der Waals surface area contributed by atoms with Crippen LogP contribution in [0.4, 0.5) is 0 Å². The van der Waals surface area contributed by atoms with Crippen LogP contribution in [0.1, 0.15) is 20.8 Å². The fraction of sp³-hybridized carbons (Fsp3) is 0.538. The Kier molecular flexibility index (Phi) is 16.2. The van der Waals surface area contributed by atoms with Crippen LogP contribution in [-0.4, -0.2) is 26.3 Å². The zero-order chi connectivity index (χ0) is 12.8. The predicted octanol–water partition coefficient (Wildman–Crippen LogP) is 4.01. The van der Waals surface area contributed by atoms with Gasteiger partial charge < -0.3 is 9.47 Å². The molecule has 16 heavy (non-hydrogen) atoms. The predicted molar refractivity (Wildman–Crippen MR) is 74.7 cm³/mol. The molecule has 0 atom stereocenters. The molecule has 3 heteroatoms. The third-order valence-corrected chi connectivity index (χ3v) is 2.57. The van der Waals surface area contributed by atoms with Crippen LogP contribution in [0.25, 0.3) is 0 Å². The first-order chi connectivity index (χ1) is 7.78. The molecule has 0 fully saturated rings. The van der Waals surface area contributed by atoms with Gasteiger partial charge in [-0.25, -0.2) is 0 Å². The van der Waals surface area contributed by atoms with Crippen molar-refractivity contribution in [1.29, 1.82) is 0 Å². The molecule has 0 spiro atoms. The molecule has 0 radical (unpaired) electrons. The average molecular weight is 244 g/mol. The highest BCUT2D eigenvalue weighted by atomic mass is 32.2. The maximum Gasteiger partial charge on any atom is 0.166 e. The highest BCUT2D eigenvalue weighted by Crippen LogP contribution is 2.19. The molecule has 0 aliphatic rings. The van der Waals surface area contributed by atoms with E-state index >= 15 is 0 Å². The van der Waals surface area contributed by atoms with Gasteiger partial charge in [0.2, 0.25) is 0 Å². The summed E-state index contributed by atoms with van der Waals surface area (Å²) in [5, 5.41) is 0. The summed E-state index contributed by atoms with van der Waals surface area (Å²) in [6.07, 6.45) is 7.62. The Labute approximate surface area is 104 Å². The van der Waals surface area contributed by atoms with E-state index in [9.17, 15) is 0 Å². The van der Waals surface area contributed by atoms with Crippen molar-refractivity contribution in [3.63, 3.8) is 0 Å². The average Bonchev–Trinajstić information content (AvgIpc) is 2.33. The van der Waals surface area contributed by atoms with Gasteiger partial charge in [-0.3, -0.25) is 0 Å². The maximum atomic E-state index is 5.09. The number of thioether (sulfide) groups is 1. The summed E-state index contributed by atoms with van der Waals surface area (Å²) < 4.78 is 10.2. The molecule has 0 amide bonds. The number of hydrogen-bond donors (Lipinski definition) is 0. The van der Waals surface area contributed by atoms with Gasteiger partial charge in [-0.1, -0.05) is 38.7 Å². The van der Waals surface area contributed by atoms with E-state index in [4.69, 9.17) is 9.47 Å². The summed E-state index contributed by atoms with van der Waals surface area (Å²) in [6.45, 7) is 9.65. The normalized spacial score (nSPS) is 11.5. The Balaban J connectivity index is 0. The Morgan fingerprint density at radius 2 is 1.88 bits per heavy atom. The molecule has 0 aliphatic heterocycles. The van der Waals surface area contributed by atoms with Gasteiger partial charge in [0.15, 0.2) is 6.29 Å². The summed E-state index contributed by atoms with van der Waals surface area (Å²) in [4.78, 5) is 1.15. The Bertz CT molecular complexity index is 206.